The minimum atomic E-state index is -0.250. The molecule has 0 amide bonds. The average Bonchev–Trinajstić information content (AvgIpc) is 2.91. The van der Waals surface area contributed by atoms with Crippen LogP contribution in [0, 0.1) is 14.4 Å². The van der Waals surface area contributed by atoms with Crippen molar-refractivity contribution in [2.45, 2.75) is 26.3 Å². The van der Waals surface area contributed by atoms with E-state index in [1.165, 1.54) is 34.1 Å². The molecular formula is C17H31Cl2NO2SiZr-4. The van der Waals surface area contributed by atoms with Gasteiger partial charge >= 0.3 is 30.2 Å². The predicted octanol–water partition coefficient (Wildman–Crippen LogP) is 4.73. The van der Waals surface area contributed by atoms with Crippen LogP contribution in [0.15, 0.2) is 42.5 Å². The van der Waals surface area contributed by atoms with Crippen LogP contribution in [0.5, 0.6) is 0 Å². The monoisotopic (exact) mass is 469 g/mol. The average molecular weight is 472 g/mol. The predicted molar refractivity (Wildman–Crippen MR) is 111 cm³/mol. The Morgan fingerprint density at radius 1 is 1.12 bits per heavy atom. The van der Waals surface area contributed by atoms with Crippen LogP contribution < -0.4 is 0 Å². The van der Waals surface area contributed by atoms with Crippen molar-refractivity contribution in [2.75, 3.05) is 13.7 Å². The van der Waals surface area contributed by atoms with Crippen LogP contribution in [-0.2, 0) is 23.3 Å². The normalized spacial score (nSPS) is 7.46. The van der Waals surface area contributed by atoms with Crippen LogP contribution in [0.4, 0.5) is 0 Å². The minimum Gasteiger partial charge on any atom is -0.168 e. The third-order valence-electron chi connectivity index (χ3n) is 1.55. The van der Waals surface area contributed by atoms with Gasteiger partial charge in [0.25, 0.3) is 0 Å². The number of aliphatic hydroxyl groups excluding tert-OH is 2. The molecule has 2 radical (unpaired) electrons. The number of benzene rings is 1. The molecule has 0 aliphatic carbocycles. The molecule has 2 rings (SSSR count). The van der Waals surface area contributed by atoms with E-state index in [2.05, 4.69) is 56.3 Å². The molecule has 0 heterocycles. The van der Waals surface area contributed by atoms with E-state index in [0.717, 1.165) is 7.11 Å². The van der Waals surface area contributed by atoms with Gasteiger partial charge in [-0.1, -0.05) is 33.4 Å². The zero-order valence-electron chi connectivity index (χ0n) is 15.2. The standard InChI is InChI=1S/C9H7.C4H10N.C2H5O.CH4O.CH3.2ClH.Si.Zr/c1-2-5-9-7-3-6-8(9)4-1;1-4(2,3)5;1-2-3;1-2;;;;;/h1-7H;5H,1-3H3;3H,1-2H2;2H,1H3;1H3;2*1H;;/q3*-1;;-1;;;;. The maximum atomic E-state index is 7.46. The number of rotatable bonds is 0. The molecule has 3 N–H and O–H groups in total. The van der Waals surface area contributed by atoms with Crippen molar-refractivity contribution in [1.29, 1.82) is 0 Å². The van der Waals surface area contributed by atoms with E-state index in [4.69, 9.17) is 15.9 Å². The fourth-order valence-corrected chi connectivity index (χ4v) is 1.07. The summed E-state index contributed by atoms with van der Waals surface area (Å²) in [7, 11) is 1.00. The number of aliphatic hydroxyl groups is 2. The quantitative estimate of drug-likeness (QED) is 0.431. The molecule has 0 spiro atoms. The third-order valence-corrected chi connectivity index (χ3v) is 1.55. The number of fused-ring (bicyclic) bond motifs is 1. The molecule has 2 aromatic carbocycles. The van der Waals surface area contributed by atoms with E-state index in [-0.39, 0.29) is 44.4 Å². The van der Waals surface area contributed by atoms with Gasteiger partial charge in [-0.05, 0) is 0 Å². The molecule has 24 heavy (non-hydrogen) atoms. The topological polar surface area (TPSA) is 64.3 Å². The van der Waals surface area contributed by atoms with Crippen LogP contribution in [0.1, 0.15) is 20.8 Å². The zero-order valence-corrected chi connectivity index (χ0v) is 20.3. The Hall–Kier alpha value is 0.390. The van der Waals surface area contributed by atoms with Gasteiger partial charge < -0.3 is 30.3 Å². The molecule has 0 aliphatic heterocycles. The van der Waals surface area contributed by atoms with Gasteiger partial charge in [0.2, 0.25) is 0 Å². The van der Waals surface area contributed by atoms with Crippen LogP contribution in [-0.4, -0.2) is 36.3 Å². The molecule has 2 aromatic rings. The van der Waals surface area contributed by atoms with Crippen molar-refractivity contribution in [3.63, 3.8) is 0 Å². The molecule has 0 bridgehead atoms. The van der Waals surface area contributed by atoms with E-state index in [0.29, 0.717) is 0 Å². The fourth-order valence-electron chi connectivity index (χ4n) is 1.07. The summed E-state index contributed by atoms with van der Waals surface area (Å²) in [6, 6.07) is 14.7. The molecule has 7 heteroatoms. The molecule has 0 fully saturated rings. The molecule has 0 saturated heterocycles. The Balaban J connectivity index is -0.0000000479. The van der Waals surface area contributed by atoms with Gasteiger partial charge in [-0.2, -0.15) is 17.5 Å². The van der Waals surface area contributed by atoms with Crippen molar-refractivity contribution < 1.29 is 33.5 Å². The molecule has 0 atom stereocenters. The van der Waals surface area contributed by atoms with Gasteiger partial charge in [-0.25, -0.2) is 0 Å². The van der Waals surface area contributed by atoms with E-state index in [9.17, 15) is 0 Å². The number of nitrogens with one attached hydrogen (secondary N) is 1. The smallest absolute Gasteiger partial charge is 0.0809 e. The SMILES string of the molecule is CC(C)(C)[NH-].CO.Cl.Cl.[CH2-]CO.[CH3-].[Si]=[Zr].c1ccc2[cH-]ccc2c1. The van der Waals surface area contributed by atoms with Crippen molar-refractivity contribution in [2.24, 2.45) is 0 Å². The van der Waals surface area contributed by atoms with E-state index in [1.54, 1.807) is 0 Å². The van der Waals surface area contributed by atoms with E-state index < -0.39 is 0 Å². The molecular weight excluding hydrogens is 440 g/mol. The molecule has 142 valence electrons. The summed E-state index contributed by atoms with van der Waals surface area (Å²) < 4.78 is 0. The van der Waals surface area contributed by atoms with Crippen LogP contribution in [0.25, 0.3) is 16.5 Å². The Morgan fingerprint density at radius 3 is 1.79 bits per heavy atom. The first-order valence-electron chi connectivity index (χ1n) is 6.33. The maximum absolute atomic E-state index is 7.46. The fraction of sp³-hybridized carbons (Fsp3) is 0.353. The Kier molecular flexibility index (Phi) is 46.4. The van der Waals surface area contributed by atoms with Gasteiger partial charge in [0.15, 0.2) is 0 Å². The molecule has 0 aromatic heterocycles. The molecule has 0 saturated carbocycles. The number of hydrogen-bond acceptors (Lipinski definition) is 2. The Morgan fingerprint density at radius 2 is 1.46 bits per heavy atom. The Bertz CT molecular complexity index is 401. The van der Waals surface area contributed by atoms with Crippen LogP contribution in [0.2, 0.25) is 0 Å². The van der Waals surface area contributed by atoms with Crippen molar-refractivity contribution in [3.8, 4) is 0 Å². The van der Waals surface area contributed by atoms with Crippen LogP contribution >= 0.6 is 24.8 Å². The van der Waals surface area contributed by atoms with E-state index in [1.807, 2.05) is 20.8 Å². The second-order valence-corrected chi connectivity index (χ2v) is 4.63. The number of hydrogen-bond donors (Lipinski definition) is 2. The summed E-state index contributed by atoms with van der Waals surface area (Å²) >= 11 is 1.36. The first kappa shape index (κ1) is 39.5. The van der Waals surface area contributed by atoms with Gasteiger partial charge in [-0.3, -0.25) is 0 Å². The summed E-state index contributed by atoms with van der Waals surface area (Å²) in [5.74, 6) is 0. The van der Waals surface area contributed by atoms with Crippen molar-refractivity contribution >= 4 is 42.5 Å². The van der Waals surface area contributed by atoms with Gasteiger partial charge in [0.1, 0.15) is 0 Å². The maximum Gasteiger partial charge on any atom is -0.0809 e. The second-order valence-electron chi connectivity index (χ2n) is 4.63. The van der Waals surface area contributed by atoms with E-state index >= 15 is 0 Å². The first-order valence-corrected chi connectivity index (χ1v) is 10.5. The zero-order chi connectivity index (χ0) is 17.3. The van der Waals surface area contributed by atoms with Crippen molar-refractivity contribution in [3.05, 3.63) is 62.5 Å². The Labute approximate surface area is 177 Å². The minimum absolute atomic E-state index is 0. The van der Waals surface area contributed by atoms with Gasteiger partial charge in [0, 0.05) is 7.11 Å². The first-order chi connectivity index (χ1) is 9.88. The second kappa shape index (κ2) is 28.2. The largest absolute Gasteiger partial charge is 0.168 e. The molecule has 0 aliphatic rings. The third kappa shape index (κ3) is 33.9. The van der Waals surface area contributed by atoms with Crippen LogP contribution in [0.3, 0.4) is 0 Å². The summed E-state index contributed by atoms with van der Waals surface area (Å²) in [4.78, 5) is 0. The van der Waals surface area contributed by atoms with Gasteiger partial charge in [0.05, 0.1) is 0 Å². The molecule has 3 nitrogen and oxygen atoms in total. The summed E-state index contributed by atoms with van der Waals surface area (Å²) in [5.41, 5.74) is 6.69. The summed E-state index contributed by atoms with van der Waals surface area (Å²) in [6.07, 6.45) is 0. The van der Waals surface area contributed by atoms with Gasteiger partial charge in [-0.15, -0.1) is 60.0 Å². The molecule has 0 unspecified atom stereocenters. The summed E-state index contributed by atoms with van der Waals surface area (Å²) in [5, 5.41) is 17.1. The number of halogens is 2. The summed E-state index contributed by atoms with van der Waals surface area (Å²) in [6.45, 7) is 11.7. The van der Waals surface area contributed by atoms with Crippen molar-refractivity contribution in [1.82, 2.24) is 0 Å².